The Morgan fingerprint density at radius 3 is 2.53 bits per heavy atom. The lowest BCUT2D eigenvalue weighted by Gasteiger charge is -2.29. The molecule has 2 aromatic rings. The van der Waals surface area contributed by atoms with Gasteiger partial charge in [0, 0.05) is 13.1 Å². The zero-order valence-corrected chi connectivity index (χ0v) is 11.3. The maximum atomic E-state index is 5.89. The summed E-state index contributed by atoms with van der Waals surface area (Å²) in [5, 5.41) is 7.90. The van der Waals surface area contributed by atoms with Gasteiger partial charge in [-0.05, 0) is 35.3 Å². The molecule has 0 spiro atoms. The summed E-state index contributed by atoms with van der Waals surface area (Å²) in [7, 11) is 2.13. The molecule has 0 amide bonds. The van der Waals surface area contributed by atoms with E-state index in [-0.39, 0.29) is 0 Å². The van der Waals surface area contributed by atoms with Gasteiger partial charge in [-0.25, -0.2) is 4.63 Å². The molecular formula is C14H20N4O. The first-order valence-electron chi connectivity index (χ1n) is 7.01. The number of aromatic nitrogens is 2. The highest BCUT2D eigenvalue weighted by Crippen LogP contribution is 2.31. The Morgan fingerprint density at radius 2 is 1.79 bits per heavy atom. The number of rotatable bonds is 2. The number of hydrogen-bond donors (Lipinski definition) is 1. The van der Waals surface area contributed by atoms with E-state index in [1.54, 1.807) is 0 Å². The Labute approximate surface area is 112 Å². The van der Waals surface area contributed by atoms with E-state index in [0.717, 1.165) is 11.2 Å². The molecule has 19 heavy (non-hydrogen) atoms. The van der Waals surface area contributed by atoms with Gasteiger partial charge < -0.3 is 10.6 Å². The van der Waals surface area contributed by atoms with Gasteiger partial charge >= 0.3 is 0 Å². The zero-order chi connectivity index (χ0) is 13.2. The van der Waals surface area contributed by atoms with Crippen LogP contribution < -0.4 is 10.6 Å². The number of anilines is 2. The van der Waals surface area contributed by atoms with Gasteiger partial charge in [-0.15, -0.1) is 0 Å². The predicted molar refractivity (Wildman–Crippen MR) is 76.1 cm³/mol. The molecule has 1 aliphatic carbocycles. The number of nitrogen functional groups attached to an aromatic ring is 1. The van der Waals surface area contributed by atoms with Gasteiger partial charge in [0.2, 0.25) is 0 Å². The van der Waals surface area contributed by atoms with Crippen molar-refractivity contribution in [3.8, 4) is 0 Å². The van der Waals surface area contributed by atoms with E-state index in [9.17, 15) is 0 Å². The van der Waals surface area contributed by atoms with Crippen LogP contribution in [0.4, 0.5) is 11.4 Å². The maximum absolute atomic E-state index is 5.89. The maximum Gasteiger partial charge on any atom is 0.160 e. The largest absolute Gasteiger partial charge is 0.397 e. The van der Waals surface area contributed by atoms with Crippen molar-refractivity contribution in [1.82, 2.24) is 10.3 Å². The van der Waals surface area contributed by atoms with E-state index >= 15 is 0 Å². The van der Waals surface area contributed by atoms with Crippen LogP contribution in [0.3, 0.4) is 0 Å². The van der Waals surface area contributed by atoms with Crippen molar-refractivity contribution < 1.29 is 4.63 Å². The lowest BCUT2D eigenvalue weighted by molar-refractivity contribution is 0.315. The SMILES string of the molecule is CN(c1ccc(N)c2nonc12)C1CCCCCC1. The van der Waals surface area contributed by atoms with E-state index in [0.29, 0.717) is 17.2 Å². The molecule has 1 heterocycles. The quantitative estimate of drug-likeness (QED) is 0.664. The molecule has 1 saturated carbocycles. The Bertz CT molecular complexity index is 558. The Balaban J connectivity index is 1.94. The Kier molecular flexibility index (Phi) is 3.27. The van der Waals surface area contributed by atoms with Crippen LogP contribution in [0.5, 0.6) is 0 Å². The van der Waals surface area contributed by atoms with Crippen LogP contribution in [0.2, 0.25) is 0 Å². The highest BCUT2D eigenvalue weighted by molar-refractivity contribution is 5.95. The number of benzene rings is 1. The monoisotopic (exact) mass is 260 g/mol. The summed E-state index contributed by atoms with van der Waals surface area (Å²) >= 11 is 0. The zero-order valence-electron chi connectivity index (χ0n) is 11.3. The normalized spacial score (nSPS) is 17.5. The second-order valence-electron chi connectivity index (χ2n) is 5.39. The number of fused-ring (bicyclic) bond motifs is 1. The fourth-order valence-electron chi connectivity index (χ4n) is 3.00. The summed E-state index contributed by atoms with van der Waals surface area (Å²) in [6.07, 6.45) is 7.82. The van der Waals surface area contributed by atoms with Crippen LogP contribution in [0.25, 0.3) is 11.0 Å². The minimum absolute atomic E-state index is 0.575. The van der Waals surface area contributed by atoms with Gasteiger partial charge in [-0.2, -0.15) is 0 Å². The third kappa shape index (κ3) is 2.25. The summed E-state index contributed by atoms with van der Waals surface area (Å²) in [5.74, 6) is 0. The fourth-order valence-corrected chi connectivity index (χ4v) is 3.00. The van der Waals surface area contributed by atoms with Gasteiger partial charge in [0.05, 0.1) is 11.4 Å². The van der Waals surface area contributed by atoms with Crippen molar-refractivity contribution in [3.05, 3.63) is 12.1 Å². The third-order valence-corrected chi connectivity index (χ3v) is 4.18. The molecule has 1 fully saturated rings. The Hall–Kier alpha value is -1.78. The molecule has 0 saturated heterocycles. The van der Waals surface area contributed by atoms with E-state index < -0.39 is 0 Å². The minimum Gasteiger partial charge on any atom is -0.397 e. The van der Waals surface area contributed by atoms with Crippen LogP contribution in [0.15, 0.2) is 16.8 Å². The van der Waals surface area contributed by atoms with Gasteiger partial charge in [0.1, 0.15) is 0 Å². The first-order chi connectivity index (χ1) is 9.27. The van der Waals surface area contributed by atoms with E-state index in [1.807, 2.05) is 12.1 Å². The van der Waals surface area contributed by atoms with E-state index in [1.165, 1.54) is 38.5 Å². The molecule has 2 N–H and O–H groups in total. The lowest BCUT2D eigenvalue weighted by atomic mass is 10.1. The van der Waals surface area contributed by atoms with Crippen LogP contribution in [-0.4, -0.2) is 23.4 Å². The molecule has 1 aliphatic rings. The molecule has 1 aromatic heterocycles. The van der Waals surface area contributed by atoms with Gasteiger partial charge in [0.25, 0.3) is 0 Å². The van der Waals surface area contributed by atoms with Gasteiger partial charge in [-0.1, -0.05) is 25.7 Å². The first-order valence-corrected chi connectivity index (χ1v) is 7.01. The summed E-state index contributed by atoms with van der Waals surface area (Å²) < 4.78 is 4.84. The van der Waals surface area contributed by atoms with Crippen molar-refractivity contribution >= 4 is 22.4 Å². The van der Waals surface area contributed by atoms with Crippen LogP contribution in [-0.2, 0) is 0 Å². The molecule has 3 rings (SSSR count). The van der Waals surface area contributed by atoms with Crippen molar-refractivity contribution in [1.29, 1.82) is 0 Å². The van der Waals surface area contributed by atoms with E-state index in [2.05, 4.69) is 22.3 Å². The van der Waals surface area contributed by atoms with Gasteiger partial charge in [-0.3, -0.25) is 0 Å². The smallest absolute Gasteiger partial charge is 0.160 e. The average molecular weight is 260 g/mol. The van der Waals surface area contributed by atoms with Crippen LogP contribution >= 0.6 is 0 Å². The van der Waals surface area contributed by atoms with E-state index in [4.69, 9.17) is 10.4 Å². The molecule has 0 radical (unpaired) electrons. The molecule has 5 nitrogen and oxygen atoms in total. The molecule has 0 unspecified atom stereocenters. The summed E-state index contributed by atoms with van der Waals surface area (Å²) in [4.78, 5) is 2.32. The minimum atomic E-state index is 0.575. The summed E-state index contributed by atoms with van der Waals surface area (Å²) in [5.41, 5.74) is 9.01. The number of nitrogens with two attached hydrogens (primary N) is 1. The molecule has 0 atom stereocenters. The molecule has 0 aliphatic heterocycles. The molecule has 1 aromatic carbocycles. The van der Waals surface area contributed by atoms with Crippen molar-refractivity contribution in [3.63, 3.8) is 0 Å². The number of nitrogens with zero attached hydrogens (tertiary/aromatic N) is 3. The number of hydrogen-bond acceptors (Lipinski definition) is 5. The lowest BCUT2D eigenvalue weighted by Crippen LogP contribution is -2.31. The molecule has 0 bridgehead atoms. The topological polar surface area (TPSA) is 68.2 Å². The molecular weight excluding hydrogens is 240 g/mol. The second kappa shape index (κ2) is 5.07. The van der Waals surface area contributed by atoms with Crippen molar-refractivity contribution in [2.45, 2.75) is 44.6 Å². The standard InChI is InChI=1S/C14H20N4O/c1-18(10-6-4-2-3-5-7-10)12-9-8-11(15)13-14(12)17-19-16-13/h8-10H,2-7,15H2,1H3. The average Bonchev–Trinajstić information content (AvgIpc) is 2.75. The summed E-state index contributed by atoms with van der Waals surface area (Å²) in [6.45, 7) is 0. The fraction of sp³-hybridized carbons (Fsp3) is 0.571. The highest BCUT2D eigenvalue weighted by atomic mass is 16.6. The van der Waals surface area contributed by atoms with Crippen molar-refractivity contribution in [2.24, 2.45) is 0 Å². The molecule has 5 heteroatoms. The predicted octanol–water partition coefficient (Wildman–Crippen LogP) is 2.96. The third-order valence-electron chi connectivity index (χ3n) is 4.18. The van der Waals surface area contributed by atoms with Gasteiger partial charge in [0.15, 0.2) is 11.0 Å². The highest BCUT2D eigenvalue weighted by Gasteiger charge is 2.21. The summed E-state index contributed by atoms with van der Waals surface area (Å²) in [6, 6.07) is 4.48. The second-order valence-corrected chi connectivity index (χ2v) is 5.39. The van der Waals surface area contributed by atoms with Crippen molar-refractivity contribution in [2.75, 3.05) is 17.7 Å². The first kappa shape index (κ1) is 12.3. The van der Waals surface area contributed by atoms with Crippen LogP contribution in [0.1, 0.15) is 38.5 Å². The van der Waals surface area contributed by atoms with Crippen LogP contribution in [0, 0.1) is 0 Å². The Morgan fingerprint density at radius 1 is 1.11 bits per heavy atom. The molecule has 102 valence electrons.